The zero-order chi connectivity index (χ0) is 23.8. The largest absolute Gasteiger partial charge is 0.378 e. The van der Waals surface area contributed by atoms with Crippen LogP contribution in [0, 0.1) is 6.92 Å². The molecular formula is C28H24N4O2S. The van der Waals surface area contributed by atoms with Crippen molar-refractivity contribution in [2.24, 2.45) is 0 Å². The minimum Gasteiger partial charge on any atom is -0.378 e. The molecule has 35 heavy (non-hydrogen) atoms. The fourth-order valence-electron chi connectivity index (χ4n) is 4.57. The highest BCUT2D eigenvalue weighted by Gasteiger charge is 2.23. The Labute approximate surface area is 207 Å². The zero-order valence-electron chi connectivity index (χ0n) is 19.3. The average molecular weight is 481 g/mol. The normalized spacial score (nSPS) is 13.9. The summed E-state index contributed by atoms with van der Waals surface area (Å²) in [5, 5.41) is 1.77. The van der Waals surface area contributed by atoms with E-state index in [2.05, 4.69) is 16.0 Å². The Bertz CT molecular complexity index is 1570. The summed E-state index contributed by atoms with van der Waals surface area (Å²) < 4.78 is 7.37. The lowest BCUT2D eigenvalue weighted by Gasteiger charge is -2.28. The van der Waals surface area contributed by atoms with E-state index in [0.717, 1.165) is 45.3 Å². The highest BCUT2D eigenvalue weighted by atomic mass is 32.1. The van der Waals surface area contributed by atoms with Gasteiger partial charge in [0.05, 0.1) is 39.7 Å². The molecule has 0 amide bonds. The zero-order valence-corrected chi connectivity index (χ0v) is 20.2. The van der Waals surface area contributed by atoms with Crippen LogP contribution in [0.5, 0.6) is 0 Å². The molecule has 0 saturated carbocycles. The molecule has 0 N–H and O–H groups in total. The van der Waals surface area contributed by atoms with E-state index >= 15 is 0 Å². The molecule has 7 heteroatoms. The van der Waals surface area contributed by atoms with Crippen molar-refractivity contribution >= 4 is 27.2 Å². The van der Waals surface area contributed by atoms with E-state index in [-0.39, 0.29) is 5.56 Å². The van der Waals surface area contributed by atoms with E-state index in [1.807, 2.05) is 80.0 Å². The molecule has 6 nitrogen and oxygen atoms in total. The Balaban J connectivity index is 1.63. The third-order valence-electron chi connectivity index (χ3n) is 6.35. The Kier molecular flexibility index (Phi) is 5.64. The van der Waals surface area contributed by atoms with Crippen molar-refractivity contribution in [3.05, 3.63) is 95.0 Å². The number of aryl methyl sites for hydroxylation is 1. The molecule has 2 aromatic carbocycles. The molecule has 6 rings (SSSR count). The van der Waals surface area contributed by atoms with Crippen molar-refractivity contribution in [3.8, 4) is 27.5 Å². The van der Waals surface area contributed by atoms with Crippen LogP contribution in [0.3, 0.4) is 0 Å². The van der Waals surface area contributed by atoms with Crippen LogP contribution in [-0.2, 0) is 4.74 Å². The topological polar surface area (TPSA) is 60.3 Å². The third-order valence-corrected chi connectivity index (χ3v) is 7.55. The Morgan fingerprint density at radius 3 is 2.49 bits per heavy atom. The summed E-state index contributed by atoms with van der Waals surface area (Å²) in [6.07, 6.45) is 3.63. The number of aromatic nitrogens is 3. The average Bonchev–Trinajstić information content (AvgIpc) is 3.36. The van der Waals surface area contributed by atoms with Gasteiger partial charge in [0, 0.05) is 31.0 Å². The SMILES string of the molecule is Cc1ccccc1-n1c(-c2cc(-c3ccncc3)c(N3CCOCC3)s2)nc2ccccc2c1=O. The Morgan fingerprint density at radius 1 is 0.943 bits per heavy atom. The number of benzene rings is 2. The molecule has 0 atom stereocenters. The van der Waals surface area contributed by atoms with Crippen LogP contribution in [0.2, 0.25) is 0 Å². The number of nitrogens with zero attached hydrogens (tertiary/aromatic N) is 4. The highest BCUT2D eigenvalue weighted by molar-refractivity contribution is 7.20. The van der Waals surface area contributed by atoms with Crippen molar-refractivity contribution in [3.63, 3.8) is 0 Å². The summed E-state index contributed by atoms with van der Waals surface area (Å²) >= 11 is 1.67. The molecule has 174 valence electrons. The van der Waals surface area contributed by atoms with Crippen LogP contribution in [-0.4, -0.2) is 40.8 Å². The summed E-state index contributed by atoms with van der Waals surface area (Å²) in [6.45, 7) is 5.08. The van der Waals surface area contributed by atoms with Crippen LogP contribution in [0.1, 0.15) is 5.56 Å². The molecular weight excluding hydrogens is 456 g/mol. The van der Waals surface area contributed by atoms with Gasteiger partial charge in [-0.1, -0.05) is 30.3 Å². The van der Waals surface area contributed by atoms with Gasteiger partial charge in [0.15, 0.2) is 5.82 Å². The van der Waals surface area contributed by atoms with Gasteiger partial charge in [-0.3, -0.25) is 14.3 Å². The van der Waals surface area contributed by atoms with Gasteiger partial charge in [0.1, 0.15) is 0 Å². The molecule has 0 unspecified atom stereocenters. The molecule has 3 aromatic heterocycles. The molecule has 1 saturated heterocycles. The summed E-state index contributed by atoms with van der Waals surface area (Å²) in [5.41, 5.74) is 4.71. The number of thiophene rings is 1. The number of morpholine rings is 1. The van der Waals surface area contributed by atoms with Gasteiger partial charge in [0.25, 0.3) is 5.56 Å². The van der Waals surface area contributed by atoms with E-state index in [0.29, 0.717) is 29.9 Å². The van der Waals surface area contributed by atoms with Crippen LogP contribution in [0.4, 0.5) is 5.00 Å². The van der Waals surface area contributed by atoms with Crippen molar-refractivity contribution < 1.29 is 4.74 Å². The van der Waals surface area contributed by atoms with Crippen molar-refractivity contribution in [1.29, 1.82) is 0 Å². The number of hydrogen-bond donors (Lipinski definition) is 0. The highest BCUT2D eigenvalue weighted by Crippen LogP contribution is 2.43. The van der Waals surface area contributed by atoms with Gasteiger partial charge >= 0.3 is 0 Å². The van der Waals surface area contributed by atoms with Crippen molar-refractivity contribution in [2.45, 2.75) is 6.92 Å². The van der Waals surface area contributed by atoms with E-state index in [1.165, 1.54) is 0 Å². The predicted molar refractivity (Wildman–Crippen MR) is 142 cm³/mol. The van der Waals surface area contributed by atoms with Gasteiger partial charge in [-0.2, -0.15) is 0 Å². The summed E-state index contributed by atoms with van der Waals surface area (Å²) in [6, 6.07) is 21.7. The first-order chi connectivity index (χ1) is 17.2. The third kappa shape index (κ3) is 3.92. The summed E-state index contributed by atoms with van der Waals surface area (Å²) in [7, 11) is 0. The number of fused-ring (bicyclic) bond motifs is 1. The summed E-state index contributed by atoms with van der Waals surface area (Å²) in [4.78, 5) is 26.4. The lowest BCUT2D eigenvalue weighted by molar-refractivity contribution is 0.123. The smallest absolute Gasteiger partial charge is 0.266 e. The maximum Gasteiger partial charge on any atom is 0.266 e. The van der Waals surface area contributed by atoms with Gasteiger partial charge < -0.3 is 9.64 Å². The second-order valence-corrected chi connectivity index (χ2v) is 9.58. The fraction of sp³-hybridized carbons (Fsp3) is 0.179. The standard InChI is InChI=1S/C28H24N4O2S/c1-19-6-2-5-9-24(19)32-26(30-23-8-4-3-7-21(23)27(32)33)25-18-22(20-10-12-29-13-11-20)28(35-25)31-14-16-34-17-15-31/h2-13,18H,14-17H2,1H3. The molecule has 0 spiro atoms. The number of ether oxygens (including phenoxy) is 1. The van der Waals surface area contributed by atoms with E-state index in [4.69, 9.17) is 9.72 Å². The number of pyridine rings is 1. The number of para-hydroxylation sites is 2. The van der Waals surface area contributed by atoms with E-state index < -0.39 is 0 Å². The van der Waals surface area contributed by atoms with Crippen LogP contribution in [0.25, 0.3) is 38.4 Å². The molecule has 4 heterocycles. The van der Waals surface area contributed by atoms with E-state index in [9.17, 15) is 4.79 Å². The van der Waals surface area contributed by atoms with Crippen LogP contribution < -0.4 is 10.5 Å². The minimum atomic E-state index is -0.0633. The predicted octanol–water partition coefficient (Wildman–Crippen LogP) is 5.32. The lowest BCUT2D eigenvalue weighted by Crippen LogP contribution is -2.35. The first-order valence-corrected chi connectivity index (χ1v) is 12.5. The maximum atomic E-state index is 13.8. The number of rotatable bonds is 4. The quantitative estimate of drug-likeness (QED) is 0.348. The first kappa shape index (κ1) is 21.7. The van der Waals surface area contributed by atoms with Gasteiger partial charge in [0.2, 0.25) is 0 Å². The van der Waals surface area contributed by atoms with E-state index in [1.54, 1.807) is 15.9 Å². The van der Waals surface area contributed by atoms with Gasteiger partial charge in [-0.25, -0.2) is 4.98 Å². The molecule has 1 aliphatic heterocycles. The molecule has 0 radical (unpaired) electrons. The van der Waals surface area contributed by atoms with Crippen LogP contribution >= 0.6 is 11.3 Å². The van der Waals surface area contributed by atoms with Crippen molar-refractivity contribution in [1.82, 2.24) is 14.5 Å². The number of anilines is 1. The molecule has 0 bridgehead atoms. The Morgan fingerprint density at radius 2 is 1.69 bits per heavy atom. The molecule has 1 aliphatic rings. The maximum absolute atomic E-state index is 13.8. The van der Waals surface area contributed by atoms with Gasteiger partial charge in [-0.15, -0.1) is 11.3 Å². The van der Waals surface area contributed by atoms with Crippen LogP contribution in [0.15, 0.2) is 83.9 Å². The summed E-state index contributed by atoms with van der Waals surface area (Å²) in [5.74, 6) is 0.655. The second kappa shape index (κ2) is 9.09. The number of hydrogen-bond acceptors (Lipinski definition) is 6. The molecule has 1 fully saturated rings. The molecule has 0 aliphatic carbocycles. The second-order valence-electron chi connectivity index (χ2n) is 8.54. The fourth-order valence-corrected chi connectivity index (χ4v) is 5.78. The monoisotopic (exact) mass is 480 g/mol. The Hall–Kier alpha value is -3.81. The molecule has 5 aromatic rings. The van der Waals surface area contributed by atoms with Gasteiger partial charge in [-0.05, 0) is 54.4 Å². The minimum absolute atomic E-state index is 0.0633. The first-order valence-electron chi connectivity index (χ1n) is 11.7. The lowest BCUT2D eigenvalue weighted by atomic mass is 10.1. The van der Waals surface area contributed by atoms with Crippen molar-refractivity contribution in [2.75, 3.05) is 31.2 Å².